The van der Waals surface area contributed by atoms with Crippen molar-refractivity contribution in [2.24, 2.45) is 0 Å². The first-order valence-electron chi connectivity index (χ1n) is 13.2. The Morgan fingerprint density at radius 1 is 0.786 bits per heavy atom. The minimum absolute atomic E-state index is 0.0146. The molecule has 0 saturated heterocycles. The van der Waals surface area contributed by atoms with Crippen molar-refractivity contribution in [1.82, 2.24) is 0 Å². The van der Waals surface area contributed by atoms with Gasteiger partial charge in [0.05, 0.1) is 10.9 Å². The number of carbonyl (C=O) groups excluding carboxylic acids is 1. The predicted octanol–water partition coefficient (Wildman–Crippen LogP) is 7.04. The Kier molecular flexibility index (Phi) is 12.1. The fourth-order valence-electron chi connectivity index (χ4n) is 3.69. The number of hydrogen-bond donors (Lipinski definition) is 0. The van der Waals surface area contributed by atoms with Crippen LogP contribution in [0.3, 0.4) is 0 Å². The summed E-state index contributed by atoms with van der Waals surface area (Å²) in [5, 5.41) is -5.11. The van der Waals surface area contributed by atoms with E-state index in [-0.39, 0.29) is 17.5 Å². The average molecular weight is 615 g/mol. The molecule has 0 bridgehead atoms. The van der Waals surface area contributed by atoms with E-state index < -0.39 is 27.9 Å². The zero-order chi connectivity index (χ0) is 30.6. The van der Waals surface area contributed by atoms with E-state index in [0.717, 1.165) is 12.0 Å². The van der Waals surface area contributed by atoms with E-state index in [4.69, 9.17) is 4.74 Å². The third kappa shape index (κ3) is 9.14. The van der Waals surface area contributed by atoms with Gasteiger partial charge in [0.15, 0.2) is 24.8 Å². The van der Waals surface area contributed by atoms with Crippen LogP contribution in [-0.2, 0) is 30.5 Å². The van der Waals surface area contributed by atoms with Crippen LogP contribution in [0.25, 0.3) is 0 Å². The van der Waals surface area contributed by atoms with Crippen molar-refractivity contribution in [2.45, 2.75) is 46.1 Å². The molecule has 1 unspecified atom stereocenters. The highest BCUT2D eigenvalue weighted by Gasteiger charge is 2.48. The molecule has 0 N–H and O–H groups in total. The molecule has 4 aromatic rings. The zero-order valence-corrected chi connectivity index (χ0v) is 24.8. The maximum Gasteiger partial charge on any atom is 0.428 e. The second-order valence-corrected chi connectivity index (χ2v) is 12.5. The van der Waals surface area contributed by atoms with Crippen molar-refractivity contribution in [3.05, 3.63) is 121 Å². The molecule has 0 aliphatic rings. The van der Waals surface area contributed by atoms with Crippen LogP contribution in [0, 0.1) is 0 Å². The van der Waals surface area contributed by atoms with Gasteiger partial charge in [-0.1, -0.05) is 80.6 Å². The molecule has 0 spiro atoms. The zero-order valence-electron chi connectivity index (χ0n) is 23.2. The van der Waals surface area contributed by atoms with Crippen molar-refractivity contribution in [3.63, 3.8) is 0 Å². The lowest BCUT2D eigenvalue weighted by Crippen LogP contribution is -2.39. The third-order valence-corrected chi connectivity index (χ3v) is 9.16. The van der Waals surface area contributed by atoms with Crippen molar-refractivity contribution < 1.29 is 36.0 Å². The van der Waals surface area contributed by atoms with Gasteiger partial charge in [0.2, 0.25) is 0 Å². The molecule has 4 rings (SSSR count). The van der Waals surface area contributed by atoms with E-state index in [2.05, 4.69) is 110 Å². The lowest BCUT2D eigenvalue weighted by Gasteiger charge is -2.18. The van der Waals surface area contributed by atoms with Gasteiger partial charge in [0.1, 0.15) is 19.0 Å². The number of alkyl halides is 2. The van der Waals surface area contributed by atoms with Gasteiger partial charge in [-0.05, 0) is 66.4 Å². The normalized spacial score (nSPS) is 12.1. The molecule has 4 aromatic carbocycles. The van der Waals surface area contributed by atoms with Gasteiger partial charge >= 0.3 is 11.2 Å². The molecule has 0 aromatic heterocycles. The summed E-state index contributed by atoms with van der Waals surface area (Å²) < 4.78 is 65.5. The minimum atomic E-state index is -6.11. The fourth-order valence-corrected chi connectivity index (χ4v) is 6.05. The molecule has 0 saturated carbocycles. The highest BCUT2D eigenvalue weighted by Crippen LogP contribution is 2.30. The van der Waals surface area contributed by atoms with Crippen LogP contribution in [-0.4, -0.2) is 37.4 Å². The van der Waals surface area contributed by atoms with Crippen LogP contribution in [0.2, 0.25) is 0 Å². The molecule has 0 aliphatic carbocycles. The summed E-state index contributed by atoms with van der Waals surface area (Å²) in [5.41, 5.74) is 1.12. The van der Waals surface area contributed by atoms with Gasteiger partial charge in [-0.3, -0.25) is 0 Å². The van der Waals surface area contributed by atoms with Gasteiger partial charge in [0.25, 0.3) is 0 Å². The molecular weight excluding hydrogens is 582 g/mol. The third-order valence-electron chi connectivity index (χ3n) is 6.14. The topological polar surface area (TPSA) is 92.7 Å². The largest absolute Gasteiger partial charge is 0.743 e. The van der Waals surface area contributed by atoms with Gasteiger partial charge in [0, 0.05) is 0 Å². The SMILES string of the molecule is CCC(C)c1ccc(OCCOC(=O)C(F)(F)S(=O)(=O)[O-])cc1.c1ccc([S+](c2ccccc2)c2ccccc2)cc1. The first-order chi connectivity index (χ1) is 20.0. The lowest BCUT2D eigenvalue weighted by atomic mass is 9.99. The van der Waals surface area contributed by atoms with E-state index >= 15 is 0 Å². The maximum atomic E-state index is 12.8. The molecule has 6 nitrogen and oxygen atoms in total. The molecule has 0 heterocycles. The number of esters is 1. The van der Waals surface area contributed by atoms with Crippen molar-refractivity contribution in [2.75, 3.05) is 13.2 Å². The van der Waals surface area contributed by atoms with Crippen molar-refractivity contribution in [1.29, 1.82) is 0 Å². The number of benzene rings is 4. The molecule has 0 radical (unpaired) electrons. The lowest BCUT2D eigenvalue weighted by molar-refractivity contribution is -0.162. The summed E-state index contributed by atoms with van der Waals surface area (Å²) in [6.07, 6.45) is 0.979. The second-order valence-electron chi connectivity index (χ2n) is 9.08. The first-order valence-corrected chi connectivity index (χ1v) is 15.8. The van der Waals surface area contributed by atoms with E-state index in [1.807, 2.05) is 12.1 Å². The molecule has 0 amide bonds. The first kappa shape index (κ1) is 32.8. The fraction of sp³-hybridized carbons (Fsp3) is 0.219. The molecule has 1 atom stereocenters. The molecule has 0 fully saturated rings. The van der Waals surface area contributed by atoms with Crippen LogP contribution < -0.4 is 4.74 Å². The number of rotatable bonds is 11. The van der Waals surface area contributed by atoms with Gasteiger partial charge in [-0.25, -0.2) is 13.2 Å². The van der Waals surface area contributed by atoms with Gasteiger partial charge in [-0.2, -0.15) is 8.78 Å². The van der Waals surface area contributed by atoms with Gasteiger partial charge in [-0.15, -0.1) is 0 Å². The standard InChI is InChI=1S/C18H15S.C14H18F2O6S/c1-4-10-16(11-5-1)19(17-12-6-2-7-13-17)18-14-8-3-9-15-18;1-3-10(2)11-4-6-12(7-5-11)21-8-9-22-13(17)14(15,16)23(18,19)20/h1-15H;4-7,10H,3,8-9H2,1-2H3,(H,18,19,20)/q+1;/p-1. The molecule has 222 valence electrons. The van der Waals surface area contributed by atoms with E-state index in [1.54, 1.807) is 12.1 Å². The minimum Gasteiger partial charge on any atom is -0.743 e. The smallest absolute Gasteiger partial charge is 0.428 e. The summed E-state index contributed by atoms with van der Waals surface area (Å²) >= 11 is 0. The van der Waals surface area contributed by atoms with Crippen LogP contribution in [0.1, 0.15) is 31.7 Å². The Labute approximate surface area is 248 Å². The number of halogens is 2. The Hall–Kier alpha value is -3.73. The quantitative estimate of drug-likeness (QED) is 0.0779. The Morgan fingerprint density at radius 2 is 1.21 bits per heavy atom. The summed E-state index contributed by atoms with van der Waals surface area (Å²) in [7, 11) is -6.12. The van der Waals surface area contributed by atoms with Crippen molar-refractivity contribution in [3.8, 4) is 5.75 Å². The van der Waals surface area contributed by atoms with E-state index in [1.165, 1.54) is 14.7 Å². The molecule has 42 heavy (non-hydrogen) atoms. The maximum absolute atomic E-state index is 12.8. The van der Waals surface area contributed by atoms with Crippen LogP contribution in [0.4, 0.5) is 8.78 Å². The summed E-state index contributed by atoms with van der Waals surface area (Å²) in [6, 6.07) is 39.2. The highest BCUT2D eigenvalue weighted by atomic mass is 32.2. The molecule has 0 aliphatic heterocycles. The monoisotopic (exact) mass is 614 g/mol. The summed E-state index contributed by atoms with van der Waals surface area (Å²) in [4.78, 5) is 15.0. The van der Waals surface area contributed by atoms with Crippen LogP contribution in [0.15, 0.2) is 130 Å². The Morgan fingerprint density at radius 3 is 1.60 bits per heavy atom. The second kappa shape index (κ2) is 15.5. The highest BCUT2D eigenvalue weighted by molar-refractivity contribution is 7.97. The molecule has 10 heteroatoms. The summed E-state index contributed by atoms with van der Waals surface area (Å²) in [5.74, 6) is -1.58. The number of carbonyl (C=O) groups is 1. The van der Waals surface area contributed by atoms with E-state index in [0.29, 0.717) is 11.7 Å². The average Bonchev–Trinajstić information content (AvgIpc) is 3.00. The Bertz CT molecular complexity index is 1390. The Balaban J connectivity index is 0.000000234. The van der Waals surface area contributed by atoms with Crippen molar-refractivity contribution >= 4 is 27.0 Å². The molecular formula is C32H32F2O6S2. The number of ether oxygens (including phenoxy) is 2. The van der Waals surface area contributed by atoms with Gasteiger partial charge < -0.3 is 14.0 Å². The summed E-state index contributed by atoms with van der Waals surface area (Å²) in [6.45, 7) is 3.25. The van der Waals surface area contributed by atoms with Crippen LogP contribution >= 0.6 is 0 Å². The van der Waals surface area contributed by atoms with Crippen LogP contribution in [0.5, 0.6) is 5.75 Å². The number of hydrogen-bond acceptors (Lipinski definition) is 6. The predicted molar refractivity (Wildman–Crippen MR) is 158 cm³/mol. The van der Waals surface area contributed by atoms with E-state index in [9.17, 15) is 26.5 Å².